The molecule has 0 aliphatic carbocycles. The highest BCUT2D eigenvalue weighted by Gasteiger charge is 2.28. The lowest BCUT2D eigenvalue weighted by molar-refractivity contribution is -0.146. The molecule has 0 saturated carbocycles. The molecule has 0 radical (unpaired) electrons. The van der Waals surface area contributed by atoms with Crippen LogP contribution in [0.4, 0.5) is 0 Å². The van der Waals surface area contributed by atoms with Gasteiger partial charge in [0.15, 0.2) is 5.78 Å². The van der Waals surface area contributed by atoms with Crippen LogP contribution in [0.15, 0.2) is 16.8 Å². The van der Waals surface area contributed by atoms with E-state index < -0.39 is 11.9 Å². The molecule has 1 heterocycles. The average Bonchev–Trinajstić information content (AvgIpc) is 2.78. The number of Topliss-reactive ketones (excluding diaryl/α,β-unsaturated/α-hetero) is 1. The number of hydrogen-bond acceptors (Lipinski definition) is 4. The summed E-state index contributed by atoms with van der Waals surface area (Å²) in [5.74, 6) is -1.17. The van der Waals surface area contributed by atoms with Crippen LogP contribution in [0.1, 0.15) is 37.0 Å². The summed E-state index contributed by atoms with van der Waals surface area (Å²) in [6, 6.07) is 1.74. The Hall–Kier alpha value is -1.16. The second kappa shape index (κ2) is 6.43. The minimum Gasteiger partial charge on any atom is -0.465 e. The lowest BCUT2D eigenvalue weighted by Crippen LogP contribution is -2.26. The first-order valence-electron chi connectivity index (χ1n) is 5.43. The maximum atomic E-state index is 12.0. The number of carbonyl (C=O) groups excluding carboxylic acids is 2. The first kappa shape index (κ1) is 12.9. The summed E-state index contributed by atoms with van der Waals surface area (Å²) in [6.45, 7) is 4.01. The number of carbonyl (C=O) groups is 2. The molecule has 88 valence electrons. The van der Waals surface area contributed by atoms with E-state index in [1.807, 2.05) is 12.3 Å². The van der Waals surface area contributed by atoms with Crippen molar-refractivity contribution in [3.63, 3.8) is 0 Å². The zero-order chi connectivity index (χ0) is 12.0. The van der Waals surface area contributed by atoms with Crippen molar-refractivity contribution in [2.75, 3.05) is 6.61 Å². The standard InChI is InChI=1S/C12H16O3S/c1-3-5-10(12(14)15-4-2)11(13)9-6-7-16-8-9/h6-8,10H,3-5H2,1-2H3. The van der Waals surface area contributed by atoms with Gasteiger partial charge >= 0.3 is 5.97 Å². The number of ketones is 1. The van der Waals surface area contributed by atoms with Gasteiger partial charge in [-0.25, -0.2) is 0 Å². The van der Waals surface area contributed by atoms with Crippen LogP contribution in [0.25, 0.3) is 0 Å². The van der Waals surface area contributed by atoms with Gasteiger partial charge in [0.1, 0.15) is 5.92 Å². The molecule has 0 fully saturated rings. The van der Waals surface area contributed by atoms with Gasteiger partial charge in [0.25, 0.3) is 0 Å². The second-order valence-electron chi connectivity index (χ2n) is 3.47. The third-order valence-electron chi connectivity index (χ3n) is 2.27. The van der Waals surface area contributed by atoms with Gasteiger partial charge in [-0.3, -0.25) is 9.59 Å². The second-order valence-corrected chi connectivity index (χ2v) is 4.25. The first-order valence-corrected chi connectivity index (χ1v) is 6.38. The van der Waals surface area contributed by atoms with Gasteiger partial charge in [-0.15, -0.1) is 0 Å². The molecule has 3 nitrogen and oxygen atoms in total. The fraction of sp³-hybridized carbons (Fsp3) is 0.500. The molecule has 0 amide bonds. The van der Waals surface area contributed by atoms with E-state index in [0.29, 0.717) is 18.6 Å². The van der Waals surface area contributed by atoms with Crippen LogP contribution in [0, 0.1) is 5.92 Å². The number of rotatable bonds is 6. The number of esters is 1. The quantitative estimate of drug-likeness (QED) is 0.436. The molecule has 0 aromatic carbocycles. The van der Waals surface area contributed by atoms with E-state index >= 15 is 0 Å². The van der Waals surface area contributed by atoms with Gasteiger partial charge in [-0.1, -0.05) is 13.3 Å². The van der Waals surface area contributed by atoms with E-state index in [1.54, 1.807) is 18.4 Å². The van der Waals surface area contributed by atoms with E-state index in [4.69, 9.17) is 4.74 Å². The molecular formula is C12H16O3S. The first-order chi connectivity index (χ1) is 7.70. The van der Waals surface area contributed by atoms with Crippen LogP contribution in [0.3, 0.4) is 0 Å². The van der Waals surface area contributed by atoms with Crippen molar-refractivity contribution in [2.45, 2.75) is 26.7 Å². The normalized spacial score (nSPS) is 12.1. The molecule has 1 aromatic heterocycles. The Morgan fingerprint density at radius 3 is 2.69 bits per heavy atom. The van der Waals surface area contributed by atoms with E-state index in [9.17, 15) is 9.59 Å². The Labute approximate surface area is 99.4 Å². The Bertz CT molecular complexity index is 343. The van der Waals surface area contributed by atoms with Crippen LogP contribution < -0.4 is 0 Å². The fourth-order valence-electron chi connectivity index (χ4n) is 1.49. The number of ether oxygens (including phenoxy) is 1. The summed E-state index contributed by atoms with van der Waals surface area (Å²) in [5.41, 5.74) is 0.608. The van der Waals surface area contributed by atoms with Crippen LogP contribution >= 0.6 is 11.3 Å². The zero-order valence-corrected chi connectivity index (χ0v) is 10.4. The molecule has 0 saturated heterocycles. The Morgan fingerprint density at radius 1 is 1.44 bits per heavy atom. The van der Waals surface area contributed by atoms with Crippen molar-refractivity contribution < 1.29 is 14.3 Å². The molecular weight excluding hydrogens is 224 g/mol. The summed E-state index contributed by atoms with van der Waals surface area (Å²) in [5, 5.41) is 3.60. The number of hydrogen-bond donors (Lipinski definition) is 0. The Morgan fingerprint density at radius 2 is 2.19 bits per heavy atom. The predicted octanol–water partition coefficient (Wildman–Crippen LogP) is 2.91. The predicted molar refractivity (Wildman–Crippen MR) is 63.7 cm³/mol. The smallest absolute Gasteiger partial charge is 0.316 e. The minimum atomic E-state index is -0.639. The van der Waals surface area contributed by atoms with E-state index in [2.05, 4.69) is 0 Å². The fourth-order valence-corrected chi connectivity index (χ4v) is 2.14. The molecule has 1 atom stereocenters. The molecule has 0 bridgehead atoms. The van der Waals surface area contributed by atoms with Crippen molar-refractivity contribution >= 4 is 23.1 Å². The molecule has 4 heteroatoms. The Balaban J connectivity index is 2.77. The third-order valence-corrected chi connectivity index (χ3v) is 2.95. The third kappa shape index (κ3) is 3.17. The topological polar surface area (TPSA) is 43.4 Å². The summed E-state index contributed by atoms with van der Waals surface area (Å²) in [6.07, 6.45) is 1.34. The monoisotopic (exact) mass is 240 g/mol. The van der Waals surface area contributed by atoms with Crippen molar-refractivity contribution in [1.29, 1.82) is 0 Å². The van der Waals surface area contributed by atoms with Gasteiger partial charge in [0, 0.05) is 10.9 Å². The molecule has 0 aliphatic rings. The summed E-state index contributed by atoms with van der Waals surface area (Å²) in [7, 11) is 0. The molecule has 0 spiro atoms. The molecule has 1 unspecified atom stereocenters. The van der Waals surface area contributed by atoms with Gasteiger partial charge in [0.2, 0.25) is 0 Å². The summed E-state index contributed by atoms with van der Waals surface area (Å²) in [4.78, 5) is 23.6. The Kier molecular flexibility index (Phi) is 5.19. The minimum absolute atomic E-state index is 0.124. The van der Waals surface area contributed by atoms with Crippen LogP contribution in [0.5, 0.6) is 0 Å². The highest BCUT2D eigenvalue weighted by Crippen LogP contribution is 2.18. The van der Waals surface area contributed by atoms with Gasteiger partial charge in [-0.05, 0) is 24.8 Å². The maximum absolute atomic E-state index is 12.0. The average molecular weight is 240 g/mol. The summed E-state index contributed by atoms with van der Waals surface area (Å²) >= 11 is 1.46. The van der Waals surface area contributed by atoms with Crippen molar-refractivity contribution in [2.24, 2.45) is 5.92 Å². The van der Waals surface area contributed by atoms with E-state index in [0.717, 1.165) is 6.42 Å². The van der Waals surface area contributed by atoms with E-state index in [1.165, 1.54) is 11.3 Å². The number of thiophene rings is 1. The highest BCUT2D eigenvalue weighted by molar-refractivity contribution is 7.08. The molecule has 0 N–H and O–H groups in total. The van der Waals surface area contributed by atoms with Crippen LogP contribution in [0.2, 0.25) is 0 Å². The van der Waals surface area contributed by atoms with E-state index in [-0.39, 0.29) is 5.78 Å². The van der Waals surface area contributed by atoms with Crippen molar-refractivity contribution in [3.8, 4) is 0 Å². The van der Waals surface area contributed by atoms with Gasteiger partial charge in [0.05, 0.1) is 6.61 Å². The lowest BCUT2D eigenvalue weighted by Gasteiger charge is -2.12. The van der Waals surface area contributed by atoms with Gasteiger partial charge in [-0.2, -0.15) is 11.3 Å². The maximum Gasteiger partial charge on any atom is 0.316 e. The highest BCUT2D eigenvalue weighted by atomic mass is 32.1. The zero-order valence-electron chi connectivity index (χ0n) is 9.56. The SMILES string of the molecule is CCCC(C(=O)OCC)C(=O)c1ccsc1. The van der Waals surface area contributed by atoms with Crippen LogP contribution in [-0.2, 0) is 9.53 Å². The lowest BCUT2D eigenvalue weighted by atomic mass is 9.95. The summed E-state index contributed by atoms with van der Waals surface area (Å²) < 4.78 is 4.92. The van der Waals surface area contributed by atoms with Crippen molar-refractivity contribution in [3.05, 3.63) is 22.4 Å². The van der Waals surface area contributed by atoms with Gasteiger partial charge < -0.3 is 4.74 Å². The molecule has 0 aliphatic heterocycles. The largest absolute Gasteiger partial charge is 0.465 e. The van der Waals surface area contributed by atoms with Crippen molar-refractivity contribution in [1.82, 2.24) is 0 Å². The molecule has 1 aromatic rings. The molecule has 16 heavy (non-hydrogen) atoms. The molecule has 1 rings (SSSR count). The van der Waals surface area contributed by atoms with Crippen LogP contribution in [-0.4, -0.2) is 18.4 Å².